The summed E-state index contributed by atoms with van der Waals surface area (Å²) in [5.74, 6) is -0.0488. The van der Waals surface area contributed by atoms with Gasteiger partial charge in [0.25, 0.3) is 5.91 Å². The molecule has 0 saturated carbocycles. The Kier molecular flexibility index (Phi) is 3.73. The van der Waals surface area contributed by atoms with Crippen molar-refractivity contribution in [3.63, 3.8) is 0 Å². The molecule has 136 valence electrons. The Bertz CT molecular complexity index is 1230. The van der Waals surface area contributed by atoms with Gasteiger partial charge in [0.15, 0.2) is 5.76 Å². The molecule has 0 atom stereocenters. The lowest BCUT2D eigenvalue weighted by Gasteiger charge is -2.00. The molecule has 0 saturated heterocycles. The molecule has 0 aliphatic carbocycles. The van der Waals surface area contributed by atoms with E-state index in [0.29, 0.717) is 17.2 Å². The SMILES string of the molecule is Cc1nc2n(C)c3ccccc3n2c1C(=O)N/N=C\c1ccc([N+](=O)[O-])o1. The summed E-state index contributed by atoms with van der Waals surface area (Å²) in [5.41, 5.74) is 5.14. The second-order valence-corrected chi connectivity index (χ2v) is 5.86. The van der Waals surface area contributed by atoms with E-state index in [-0.39, 0.29) is 5.76 Å². The second kappa shape index (κ2) is 6.09. The molecule has 10 heteroatoms. The summed E-state index contributed by atoms with van der Waals surface area (Å²) in [7, 11) is 1.88. The monoisotopic (exact) mass is 366 g/mol. The molecule has 27 heavy (non-hydrogen) atoms. The normalized spacial score (nSPS) is 11.6. The van der Waals surface area contributed by atoms with Crippen LogP contribution >= 0.6 is 0 Å². The number of hydrogen-bond acceptors (Lipinski definition) is 6. The Morgan fingerprint density at radius 2 is 2.04 bits per heavy atom. The minimum Gasteiger partial charge on any atom is -0.400 e. The van der Waals surface area contributed by atoms with E-state index in [4.69, 9.17) is 4.42 Å². The summed E-state index contributed by atoms with van der Waals surface area (Å²) in [5, 5.41) is 14.4. The number of nitro groups is 1. The number of nitrogens with one attached hydrogen (secondary N) is 1. The summed E-state index contributed by atoms with van der Waals surface area (Å²) in [6.45, 7) is 1.75. The molecule has 0 fully saturated rings. The van der Waals surface area contributed by atoms with Crippen LogP contribution in [-0.4, -0.2) is 31.0 Å². The van der Waals surface area contributed by atoms with Gasteiger partial charge in [-0.05, 0) is 25.1 Å². The van der Waals surface area contributed by atoms with Crippen molar-refractivity contribution in [2.45, 2.75) is 6.92 Å². The number of benzene rings is 1. The molecule has 4 rings (SSSR count). The number of amides is 1. The molecule has 4 aromatic rings. The highest BCUT2D eigenvalue weighted by Gasteiger charge is 2.21. The van der Waals surface area contributed by atoms with Crippen molar-refractivity contribution in [2.75, 3.05) is 0 Å². The van der Waals surface area contributed by atoms with Crippen molar-refractivity contribution >= 4 is 34.8 Å². The quantitative estimate of drug-likeness (QED) is 0.338. The minimum atomic E-state index is -0.650. The molecule has 0 spiro atoms. The number of hydrazone groups is 1. The van der Waals surface area contributed by atoms with Gasteiger partial charge in [-0.15, -0.1) is 0 Å². The number of nitrogens with zero attached hydrogens (tertiary/aromatic N) is 5. The number of para-hydroxylation sites is 2. The lowest BCUT2D eigenvalue weighted by Crippen LogP contribution is -2.20. The van der Waals surface area contributed by atoms with Gasteiger partial charge >= 0.3 is 5.88 Å². The van der Waals surface area contributed by atoms with Crippen LogP contribution in [0.2, 0.25) is 0 Å². The number of hydrogen-bond donors (Lipinski definition) is 1. The van der Waals surface area contributed by atoms with Gasteiger partial charge in [0, 0.05) is 7.05 Å². The average molecular weight is 366 g/mol. The van der Waals surface area contributed by atoms with E-state index < -0.39 is 16.7 Å². The van der Waals surface area contributed by atoms with Gasteiger partial charge in [-0.3, -0.25) is 19.3 Å². The summed E-state index contributed by atoms with van der Waals surface area (Å²) in [4.78, 5) is 27.1. The van der Waals surface area contributed by atoms with Gasteiger partial charge in [-0.1, -0.05) is 12.1 Å². The first-order valence-corrected chi connectivity index (χ1v) is 7.97. The van der Waals surface area contributed by atoms with Crippen LogP contribution < -0.4 is 5.43 Å². The Morgan fingerprint density at radius 1 is 1.30 bits per heavy atom. The van der Waals surface area contributed by atoms with Gasteiger partial charge in [0.05, 0.1) is 29.0 Å². The van der Waals surface area contributed by atoms with Crippen molar-refractivity contribution in [2.24, 2.45) is 12.1 Å². The highest BCUT2D eigenvalue weighted by Crippen LogP contribution is 2.23. The Labute approximate surface area is 151 Å². The summed E-state index contributed by atoms with van der Waals surface area (Å²) >= 11 is 0. The van der Waals surface area contributed by atoms with E-state index in [1.54, 1.807) is 11.3 Å². The number of aryl methyl sites for hydroxylation is 2. The maximum atomic E-state index is 12.7. The number of rotatable bonds is 4. The first kappa shape index (κ1) is 16.5. The van der Waals surface area contributed by atoms with E-state index in [9.17, 15) is 14.9 Å². The topological polar surface area (TPSA) is 120 Å². The molecular weight excluding hydrogens is 352 g/mol. The largest absolute Gasteiger partial charge is 0.433 e. The zero-order valence-corrected chi connectivity index (χ0v) is 14.4. The van der Waals surface area contributed by atoms with Gasteiger partial charge < -0.3 is 8.98 Å². The number of imidazole rings is 2. The van der Waals surface area contributed by atoms with Crippen LogP contribution in [0, 0.1) is 17.0 Å². The van der Waals surface area contributed by atoms with Gasteiger partial charge in [-0.2, -0.15) is 5.10 Å². The second-order valence-electron chi connectivity index (χ2n) is 5.86. The fourth-order valence-electron chi connectivity index (χ4n) is 3.00. The van der Waals surface area contributed by atoms with Crippen LogP contribution in [0.1, 0.15) is 21.9 Å². The maximum Gasteiger partial charge on any atom is 0.433 e. The van der Waals surface area contributed by atoms with Crippen LogP contribution in [0.3, 0.4) is 0 Å². The van der Waals surface area contributed by atoms with Crippen molar-refractivity contribution in [1.29, 1.82) is 0 Å². The highest BCUT2D eigenvalue weighted by molar-refractivity contribution is 5.97. The Morgan fingerprint density at radius 3 is 2.74 bits per heavy atom. The van der Waals surface area contributed by atoms with Crippen LogP contribution in [-0.2, 0) is 7.05 Å². The Hall–Kier alpha value is -3.95. The van der Waals surface area contributed by atoms with E-state index in [1.165, 1.54) is 18.3 Å². The van der Waals surface area contributed by atoms with E-state index in [2.05, 4.69) is 15.5 Å². The fourth-order valence-corrected chi connectivity index (χ4v) is 3.00. The van der Waals surface area contributed by atoms with Gasteiger partial charge in [-0.25, -0.2) is 10.4 Å². The first-order chi connectivity index (χ1) is 13.0. The third-order valence-electron chi connectivity index (χ3n) is 4.18. The van der Waals surface area contributed by atoms with Crippen molar-refractivity contribution < 1.29 is 14.1 Å². The highest BCUT2D eigenvalue weighted by atomic mass is 16.6. The predicted octanol–water partition coefficient (Wildman–Crippen LogP) is 2.40. The number of aromatic nitrogens is 3. The van der Waals surface area contributed by atoms with E-state index in [0.717, 1.165) is 11.0 Å². The lowest BCUT2D eigenvalue weighted by molar-refractivity contribution is -0.402. The zero-order valence-electron chi connectivity index (χ0n) is 14.4. The first-order valence-electron chi connectivity index (χ1n) is 7.97. The molecule has 0 bridgehead atoms. The predicted molar refractivity (Wildman–Crippen MR) is 96.8 cm³/mol. The minimum absolute atomic E-state index is 0.155. The summed E-state index contributed by atoms with van der Waals surface area (Å²) < 4.78 is 8.63. The molecule has 0 radical (unpaired) electrons. The number of fused-ring (bicyclic) bond motifs is 3. The van der Waals surface area contributed by atoms with Crippen LogP contribution in [0.15, 0.2) is 45.9 Å². The standard InChI is InChI=1S/C17H14N6O4/c1-10-15(16(24)20-18-9-11-7-8-14(27-11)23(25)26)22-13-6-4-3-5-12(13)21(2)17(22)19-10/h3-9H,1-2H3,(H,20,24)/b18-9-. The number of carbonyl (C=O) groups is 1. The molecule has 1 aromatic carbocycles. The molecule has 0 aliphatic heterocycles. The smallest absolute Gasteiger partial charge is 0.400 e. The lowest BCUT2D eigenvalue weighted by atomic mass is 10.3. The number of furan rings is 1. The van der Waals surface area contributed by atoms with E-state index in [1.807, 2.05) is 35.9 Å². The molecule has 3 aromatic heterocycles. The Balaban J connectivity index is 1.66. The van der Waals surface area contributed by atoms with Crippen LogP contribution in [0.25, 0.3) is 16.8 Å². The molecule has 3 heterocycles. The zero-order chi connectivity index (χ0) is 19.1. The van der Waals surface area contributed by atoms with Crippen molar-refractivity contribution in [3.8, 4) is 0 Å². The average Bonchev–Trinajstić information content (AvgIpc) is 3.31. The fraction of sp³-hybridized carbons (Fsp3) is 0.118. The molecular formula is C17H14N6O4. The molecule has 1 N–H and O–H groups in total. The number of carbonyl (C=O) groups excluding carboxylic acids is 1. The van der Waals surface area contributed by atoms with Gasteiger partial charge in [0.2, 0.25) is 5.78 Å². The van der Waals surface area contributed by atoms with E-state index >= 15 is 0 Å². The third kappa shape index (κ3) is 2.63. The third-order valence-corrected chi connectivity index (χ3v) is 4.18. The van der Waals surface area contributed by atoms with Crippen LogP contribution in [0.5, 0.6) is 0 Å². The molecule has 0 unspecified atom stereocenters. The maximum absolute atomic E-state index is 12.7. The molecule has 0 aliphatic rings. The molecule has 10 nitrogen and oxygen atoms in total. The summed E-state index contributed by atoms with van der Waals surface area (Å²) in [6.07, 6.45) is 1.20. The van der Waals surface area contributed by atoms with Crippen molar-refractivity contribution in [1.82, 2.24) is 19.4 Å². The van der Waals surface area contributed by atoms with Crippen LogP contribution in [0.4, 0.5) is 5.88 Å². The summed E-state index contributed by atoms with van der Waals surface area (Å²) in [6, 6.07) is 10.3. The van der Waals surface area contributed by atoms with Gasteiger partial charge in [0.1, 0.15) is 10.6 Å². The molecule has 1 amide bonds. The van der Waals surface area contributed by atoms with Crippen molar-refractivity contribution in [3.05, 3.63) is 63.7 Å².